The quantitative estimate of drug-likeness (QED) is 0.265. The van der Waals surface area contributed by atoms with Crippen LogP contribution < -0.4 is 10.9 Å². The first-order chi connectivity index (χ1) is 20.7. The summed E-state index contributed by atoms with van der Waals surface area (Å²) < 4.78 is 9.94. The van der Waals surface area contributed by atoms with E-state index in [1.807, 2.05) is 30.7 Å². The number of pyridine rings is 1. The van der Waals surface area contributed by atoms with Crippen LogP contribution in [-0.4, -0.2) is 59.2 Å². The first-order valence-electron chi connectivity index (χ1n) is 15.3. The number of aryl methyl sites for hydroxylation is 1. The van der Waals surface area contributed by atoms with Crippen LogP contribution in [0.25, 0.3) is 44.3 Å². The Balaban J connectivity index is 1.39. The number of nitrogens with one attached hydrogen (secondary N) is 2. The minimum atomic E-state index is -0.893. The lowest BCUT2D eigenvalue weighted by molar-refractivity contribution is -0.0294. The van der Waals surface area contributed by atoms with Crippen LogP contribution in [-0.2, 0) is 18.3 Å². The Labute approximate surface area is 250 Å². The molecule has 0 radical (unpaired) electrons. The fourth-order valence-corrected chi connectivity index (χ4v) is 6.90. The first kappa shape index (κ1) is 27.9. The molecule has 2 fully saturated rings. The van der Waals surface area contributed by atoms with Gasteiger partial charge < -0.3 is 24.7 Å². The maximum absolute atomic E-state index is 12.8. The topological polar surface area (TPSA) is 123 Å². The molecule has 1 aromatic carbocycles. The number of fused-ring (bicyclic) bond motifs is 2. The van der Waals surface area contributed by atoms with Crippen molar-refractivity contribution in [2.45, 2.75) is 70.2 Å². The van der Waals surface area contributed by atoms with Crippen molar-refractivity contribution in [2.24, 2.45) is 13.0 Å². The summed E-state index contributed by atoms with van der Waals surface area (Å²) in [6, 6.07) is 8.36. The second kappa shape index (κ2) is 11.0. The van der Waals surface area contributed by atoms with E-state index in [0.29, 0.717) is 30.4 Å². The van der Waals surface area contributed by atoms with Crippen LogP contribution in [0.15, 0.2) is 53.8 Å². The van der Waals surface area contributed by atoms with E-state index in [9.17, 15) is 9.90 Å². The molecule has 10 heteroatoms. The van der Waals surface area contributed by atoms with Crippen LogP contribution >= 0.6 is 0 Å². The van der Waals surface area contributed by atoms with Crippen LogP contribution in [0.3, 0.4) is 0 Å². The molecule has 0 bridgehead atoms. The highest BCUT2D eigenvalue weighted by Gasteiger charge is 2.36. The molecule has 1 aliphatic carbocycles. The minimum absolute atomic E-state index is 0.0552. The zero-order valence-corrected chi connectivity index (χ0v) is 25.0. The van der Waals surface area contributed by atoms with Gasteiger partial charge in [-0.2, -0.15) is 5.10 Å². The van der Waals surface area contributed by atoms with Gasteiger partial charge in [0.1, 0.15) is 11.6 Å². The number of aromatic nitrogens is 6. The van der Waals surface area contributed by atoms with E-state index in [4.69, 9.17) is 14.7 Å². The number of benzene rings is 1. The second-order valence-electron chi connectivity index (χ2n) is 12.8. The highest BCUT2D eigenvalue weighted by molar-refractivity contribution is 5.97. The smallest absolute Gasteiger partial charge is 0.274 e. The Kier molecular flexibility index (Phi) is 7.15. The summed E-state index contributed by atoms with van der Waals surface area (Å²) in [5.74, 6) is 1.11. The summed E-state index contributed by atoms with van der Waals surface area (Å²) in [6.45, 7) is 5.33. The largest absolute Gasteiger partial charge is 0.389 e. The number of morpholine rings is 1. The number of H-pyrrole nitrogens is 1. The third-order valence-electron chi connectivity index (χ3n) is 8.90. The Hall–Kier alpha value is -3.86. The third kappa shape index (κ3) is 5.39. The van der Waals surface area contributed by atoms with Gasteiger partial charge >= 0.3 is 0 Å². The summed E-state index contributed by atoms with van der Waals surface area (Å²) in [5.41, 5.74) is 4.08. The van der Waals surface area contributed by atoms with E-state index in [2.05, 4.69) is 27.5 Å². The molecule has 5 heterocycles. The van der Waals surface area contributed by atoms with Gasteiger partial charge in [-0.05, 0) is 56.4 Å². The molecule has 0 spiro atoms. The van der Waals surface area contributed by atoms with Gasteiger partial charge in [-0.1, -0.05) is 25.3 Å². The van der Waals surface area contributed by atoms with Crippen LogP contribution in [0, 0.1) is 5.92 Å². The molecule has 4 aromatic heterocycles. The summed E-state index contributed by atoms with van der Waals surface area (Å²) in [5, 5.41) is 20.4. The third-order valence-corrected chi connectivity index (χ3v) is 8.90. The molecule has 1 unspecified atom stereocenters. The van der Waals surface area contributed by atoms with E-state index >= 15 is 0 Å². The number of nitrogens with zero attached hydrogens (tertiary/aromatic N) is 5. The monoisotopic (exact) mass is 581 g/mol. The van der Waals surface area contributed by atoms with Crippen molar-refractivity contribution in [1.29, 1.82) is 0 Å². The predicted molar refractivity (Wildman–Crippen MR) is 167 cm³/mol. The lowest BCUT2D eigenvalue weighted by atomic mass is 9.80. The lowest BCUT2D eigenvalue weighted by Gasteiger charge is -2.39. The lowest BCUT2D eigenvalue weighted by Crippen LogP contribution is -2.48. The zero-order chi connectivity index (χ0) is 29.7. The Morgan fingerprint density at radius 2 is 1.91 bits per heavy atom. The van der Waals surface area contributed by atoms with Crippen LogP contribution in [0.5, 0.6) is 0 Å². The van der Waals surface area contributed by atoms with Gasteiger partial charge in [0.25, 0.3) is 5.56 Å². The molecule has 7 rings (SSSR count). The highest BCUT2D eigenvalue weighted by Crippen LogP contribution is 2.39. The van der Waals surface area contributed by atoms with E-state index < -0.39 is 5.60 Å². The molecule has 1 saturated heterocycles. The van der Waals surface area contributed by atoms with Crippen molar-refractivity contribution in [1.82, 2.24) is 34.6 Å². The van der Waals surface area contributed by atoms with Crippen LogP contribution in [0.4, 0.5) is 0 Å². The van der Waals surface area contributed by atoms with E-state index in [1.54, 1.807) is 36.3 Å². The standard InChI is InChI=1S/C33H39N7O3/c1-33(2,42)19-40-17-22(16-36-40)31-37-26-10-9-21(25-18-39(3)32(41)29-23(25)11-12-34-29)15-24(26)28(38-31)30-27(35-13-14-43-30)20-7-5-4-6-8-20/h9-12,15-18,20,27,30,34-35,42H,4-8,13-14,19H2,1-3H3/t27?,30-/m0/s1. The van der Waals surface area contributed by atoms with E-state index in [1.165, 1.54) is 32.1 Å². The molecule has 2 aliphatic rings. The maximum atomic E-state index is 12.8. The molecule has 10 nitrogen and oxygen atoms in total. The van der Waals surface area contributed by atoms with Crippen molar-refractivity contribution in [3.05, 3.63) is 65.1 Å². The number of aliphatic hydroxyl groups is 1. The second-order valence-corrected chi connectivity index (χ2v) is 12.8. The molecule has 5 aromatic rings. The van der Waals surface area contributed by atoms with Crippen molar-refractivity contribution < 1.29 is 9.84 Å². The van der Waals surface area contributed by atoms with Gasteiger partial charge in [-0.3, -0.25) is 9.48 Å². The zero-order valence-electron chi connectivity index (χ0n) is 25.0. The summed E-state index contributed by atoms with van der Waals surface area (Å²) in [7, 11) is 1.78. The number of hydrogen-bond acceptors (Lipinski definition) is 7. The maximum Gasteiger partial charge on any atom is 0.274 e. The van der Waals surface area contributed by atoms with Crippen molar-refractivity contribution in [3.63, 3.8) is 0 Å². The van der Waals surface area contributed by atoms with Gasteiger partial charge in [0.15, 0.2) is 5.82 Å². The molecule has 1 saturated carbocycles. The van der Waals surface area contributed by atoms with Gasteiger partial charge in [-0.15, -0.1) is 0 Å². The fraction of sp³-hybridized carbons (Fsp3) is 0.455. The van der Waals surface area contributed by atoms with Crippen molar-refractivity contribution in [2.75, 3.05) is 13.2 Å². The van der Waals surface area contributed by atoms with Crippen molar-refractivity contribution in [3.8, 4) is 22.5 Å². The Morgan fingerprint density at radius 1 is 1.07 bits per heavy atom. The Morgan fingerprint density at radius 3 is 2.72 bits per heavy atom. The Bertz CT molecular complexity index is 1840. The molecule has 2 atom stereocenters. The van der Waals surface area contributed by atoms with Gasteiger partial charge in [0.05, 0.1) is 41.7 Å². The summed E-state index contributed by atoms with van der Waals surface area (Å²) in [6.07, 6.45) is 13.3. The molecule has 0 amide bonds. The highest BCUT2D eigenvalue weighted by atomic mass is 16.5. The van der Waals surface area contributed by atoms with E-state index in [0.717, 1.165) is 45.2 Å². The molecule has 1 aliphatic heterocycles. The minimum Gasteiger partial charge on any atom is -0.389 e. The predicted octanol–water partition coefficient (Wildman–Crippen LogP) is 4.72. The van der Waals surface area contributed by atoms with Gasteiger partial charge in [0, 0.05) is 54.6 Å². The van der Waals surface area contributed by atoms with Crippen LogP contribution in [0.2, 0.25) is 0 Å². The SMILES string of the molecule is Cn1cc(-c2ccc3nc(-c4cnn(CC(C)(C)O)c4)nc([C@H]4OCCNC4C4CCCCC4)c3c2)c2cc[nH]c2c1=O. The number of ether oxygens (including phenoxy) is 1. The molecular formula is C33H39N7O3. The molecule has 3 N–H and O–H groups in total. The summed E-state index contributed by atoms with van der Waals surface area (Å²) >= 11 is 0. The van der Waals surface area contributed by atoms with Crippen LogP contribution in [0.1, 0.15) is 57.7 Å². The van der Waals surface area contributed by atoms with E-state index in [-0.39, 0.29) is 17.7 Å². The molecule has 224 valence electrons. The summed E-state index contributed by atoms with van der Waals surface area (Å²) in [4.78, 5) is 26.1. The molecular weight excluding hydrogens is 542 g/mol. The average molecular weight is 582 g/mol. The average Bonchev–Trinajstić information content (AvgIpc) is 3.68. The van der Waals surface area contributed by atoms with Gasteiger partial charge in [0.2, 0.25) is 0 Å². The number of aromatic amines is 1. The van der Waals surface area contributed by atoms with Gasteiger partial charge in [-0.25, -0.2) is 9.97 Å². The normalized spacial score (nSPS) is 20.3. The molecule has 43 heavy (non-hydrogen) atoms. The van der Waals surface area contributed by atoms with Crippen molar-refractivity contribution >= 4 is 21.8 Å². The number of hydrogen-bond donors (Lipinski definition) is 3. The number of rotatable bonds is 6. The fourth-order valence-electron chi connectivity index (χ4n) is 6.90. The first-order valence-corrected chi connectivity index (χ1v) is 15.3.